The number of ether oxygens (including phenoxy) is 3. The molecule has 166 valence electrons. The van der Waals surface area contributed by atoms with Crippen LogP contribution in [0.15, 0.2) is 60.0 Å². The van der Waals surface area contributed by atoms with Gasteiger partial charge in [0.2, 0.25) is 0 Å². The quantitative estimate of drug-likeness (QED) is 0.125. The molecule has 10 heteroatoms. The minimum atomic E-state index is -0.504. The first-order valence-electron chi connectivity index (χ1n) is 9.47. The van der Waals surface area contributed by atoms with Crippen LogP contribution in [-0.4, -0.2) is 46.9 Å². The molecule has 1 heterocycles. The number of non-ortho nitro benzene ring substituents is 1. The van der Waals surface area contributed by atoms with Crippen molar-refractivity contribution in [3.63, 3.8) is 0 Å². The van der Waals surface area contributed by atoms with Gasteiger partial charge >= 0.3 is 0 Å². The summed E-state index contributed by atoms with van der Waals surface area (Å²) >= 11 is 6.37. The van der Waals surface area contributed by atoms with Crippen LogP contribution in [0.1, 0.15) is 5.56 Å². The summed E-state index contributed by atoms with van der Waals surface area (Å²) in [5.41, 5.74) is 0.289. The number of amides is 1. The Balaban J connectivity index is 1.75. The van der Waals surface area contributed by atoms with Gasteiger partial charge in [-0.05, 0) is 24.3 Å². The number of hydrogen-bond donors (Lipinski definition) is 0. The predicted molar refractivity (Wildman–Crippen MR) is 127 cm³/mol. The van der Waals surface area contributed by atoms with Crippen molar-refractivity contribution >= 4 is 46.0 Å². The molecule has 0 unspecified atom stereocenters. The first kappa shape index (κ1) is 23.3. The number of hydrogen-bond acceptors (Lipinski definition) is 8. The van der Waals surface area contributed by atoms with Crippen LogP contribution in [0.5, 0.6) is 17.2 Å². The number of carbonyl (C=O) groups excluding carboxylic acids is 1. The Labute approximate surface area is 194 Å². The van der Waals surface area contributed by atoms with Gasteiger partial charge in [0, 0.05) is 30.3 Å². The summed E-state index contributed by atoms with van der Waals surface area (Å²) < 4.78 is 17.0. The van der Waals surface area contributed by atoms with Crippen molar-refractivity contribution in [3.05, 3.63) is 75.7 Å². The summed E-state index contributed by atoms with van der Waals surface area (Å²) in [7, 11) is 1.57. The van der Waals surface area contributed by atoms with Gasteiger partial charge in [0.25, 0.3) is 11.6 Å². The molecule has 0 aliphatic carbocycles. The summed E-state index contributed by atoms with van der Waals surface area (Å²) in [6.07, 6.45) is 3.13. The van der Waals surface area contributed by atoms with Crippen LogP contribution in [0.3, 0.4) is 0 Å². The van der Waals surface area contributed by atoms with Crippen LogP contribution in [0.25, 0.3) is 6.08 Å². The van der Waals surface area contributed by atoms with Crippen molar-refractivity contribution < 1.29 is 23.9 Å². The molecule has 0 bridgehead atoms. The van der Waals surface area contributed by atoms with Crippen LogP contribution >= 0.6 is 24.0 Å². The van der Waals surface area contributed by atoms with Gasteiger partial charge in [-0.15, -0.1) is 6.58 Å². The maximum Gasteiger partial charge on any atom is 0.270 e. The van der Waals surface area contributed by atoms with Gasteiger partial charge in [-0.1, -0.05) is 36.1 Å². The zero-order valence-electron chi connectivity index (χ0n) is 17.2. The molecule has 0 N–H and O–H groups in total. The highest BCUT2D eigenvalue weighted by Crippen LogP contribution is 2.35. The van der Waals surface area contributed by atoms with Gasteiger partial charge in [-0.2, -0.15) is 0 Å². The third-order valence-corrected chi connectivity index (χ3v) is 5.70. The summed E-state index contributed by atoms with van der Waals surface area (Å²) in [5.74, 6) is 1.41. The molecular formula is C22H20N2O6S2. The second-order valence-electron chi connectivity index (χ2n) is 6.44. The Bertz CT molecular complexity index is 1090. The number of nitro groups is 1. The third-order valence-electron chi connectivity index (χ3n) is 4.33. The molecule has 2 aromatic carbocycles. The minimum absolute atomic E-state index is 0.113. The summed E-state index contributed by atoms with van der Waals surface area (Å²) in [5, 5.41) is 11.2. The number of methoxy groups -OCH3 is 1. The molecule has 3 rings (SSSR count). The highest BCUT2D eigenvalue weighted by molar-refractivity contribution is 8.26. The molecule has 1 aliphatic rings. The summed E-state index contributed by atoms with van der Waals surface area (Å²) in [6.45, 7) is 4.35. The van der Waals surface area contributed by atoms with E-state index < -0.39 is 4.92 Å². The van der Waals surface area contributed by atoms with Gasteiger partial charge in [0.05, 0.1) is 16.9 Å². The Morgan fingerprint density at radius 3 is 2.66 bits per heavy atom. The molecule has 0 aromatic heterocycles. The SMILES string of the molecule is C=CCN1C(=O)/C(=C\c2cc([N+](=O)[O-])ccc2OCCOc2cccc(OC)c2)SC1=S. The van der Waals surface area contributed by atoms with E-state index in [2.05, 4.69) is 6.58 Å². The van der Waals surface area contributed by atoms with Gasteiger partial charge in [-0.3, -0.25) is 19.8 Å². The second-order valence-corrected chi connectivity index (χ2v) is 8.11. The largest absolute Gasteiger partial charge is 0.497 e. The van der Waals surface area contributed by atoms with Crippen molar-refractivity contribution in [1.29, 1.82) is 0 Å². The summed E-state index contributed by atoms with van der Waals surface area (Å²) in [4.78, 5) is 25.1. The summed E-state index contributed by atoms with van der Waals surface area (Å²) in [6, 6.07) is 11.4. The van der Waals surface area contributed by atoms with E-state index in [0.29, 0.717) is 38.6 Å². The van der Waals surface area contributed by atoms with E-state index in [1.165, 1.54) is 23.1 Å². The van der Waals surface area contributed by atoms with Crippen molar-refractivity contribution in [2.75, 3.05) is 26.9 Å². The lowest BCUT2D eigenvalue weighted by Crippen LogP contribution is -2.27. The molecule has 1 fully saturated rings. The number of thiocarbonyl (C=S) groups is 1. The lowest BCUT2D eigenvalue weighted by atomic mass is 10.1. The number of nitro benzene ring substituents is 1. The fraction of sp³-hybridized carbons (Fsp3) is 0.182. The lowest BCUT2D eigenvalue weighted by Gasteiger charge is -2.12. The van der Waals surface area contributed by atoms with Crippen molar-refractivity contribution in [3.8, 4) is 17.2 Å². The van der Waals surface area contributed by atoms with E-state index in [1.807, 2.05) is 12.1 Å². The monoisotopic (exact) mass is 472 g/mol. The van der Waals surface area contributed by atoms with Crippen molar-refractivity contribution in [2.24, 2.45) is 0 Å². The van der Waals surface area contributed by atoms with E-state index in [1.54, 1.807) is 31.4 Å². The fourth-order valence-corrected chi connectivity index (χ4v) is 4.09. The Hall–Kier alpha value is -3.37. The third kappa shape index (κ3) is 5.65. The zero-order chi connectivity index (χ0) is 23.1. The molecule has 32 heavy (non-hydrogen) atoms. The fourth-order valence-electron chi connectivity index (χ4n) is 2.82. The highest BCUT2D eigenvalue weighted by Gasteiger charge is 2.31. The first-order valence-corrected chi connectivity index (χ1v) is 10.7. The first-order chi connectivity index (χ1) is 15.4. The standard InChI is InChI=1S/C22H20N2O6S2/c1-3-9-23-21(25)20(32-22(23)31)13-15-12-16(24(26)27)7-8-19(15)30-11-10-29-18-6-4-5-17(14-18)28-2/h3-8,12-14H,1,9-11H2,2H3/b20-13+. The Morgan fingerprint density at radius 2 is 1.94 bits per heavy atom. The van der Waals surface area contributed by atoms with E-state index in [4.69, 9.17) is 26.4 Å². The van der Waals surface area contributed by atoms with E-state index >= 15 is 0 Å². The van der Waals surface area contributed by atoms with Crippen molar-refractivity contribution in [1.82, 2.24) is 4.90 Å². The van der Waals surface area contributed by atoms with Gasteiger partial charge < -0.3 is 14.2 Å². The molecule has 1 amide bonds. The number of thioether (sulfide) groups is 1. The minimum Gasteiger partial charge on any atom is -0.497 e. The number of benzene rings is 2. The zero-order valence-corrected chi connectivity index (χ0v) is 18.8. The average molecular weight is 473 g/mol. The number of carbonyl (C=O) groups is 1. The average Bonchev–Trinajstić information content (AvgIpc) is 3.05. The van der Waals surface area contributed by atoms with Gasteiger partial charge in [-0.25, -0.2) is 0 Å². The Morgan fingerprint density at radius 1 is 1.19 bits per heavy atom. The van der Waals surface area contributed by atoms with Gasteiger partial charge in [0.15, 0.2) is 0 Å². The molecule has 2 aromatic rings. The molecule has 0 atom stereocenters. The van der Waals surface area contributed by atoms with E-state index in [9.17, 15) is 14.9 Å². The van der Waals surface area contributed by atoms with Crippen LogP contribution in [0.2, 0.25) is 0 Å². The molecule has 1 saturated heterocycles. The smallest absolute Gasteiger partial charge is 0.270 e. The van der Waals surface area contributed by atoms with E-state index in [0.717, 1.165) is 11.8 Å². The van der Waals surface area contributed by atoms with Crippen LogP contribution < -0.4 is 14.2 Å². The van der Waals surface area contributed by atoms with Crippen LogP contribution in [0.4, 0.5) is 5.69 Å². The predicted octanol–water partition coefficient (Wildman–Crippen LogP) is 4.45. The molecule has 1 aliphatic heterocycles. The highest BCUT2D eigenvalue weighted by atomic mass is 32.2. The molecule has 0 spiro atoms. The molecule has 8 nitrogen and oxygen atoms in total. The van der Waals surface area contributed by atoms with Crippen molar-refractivity contribution in [2.45, 2.75) is 0 Å². The lowest BCUT2D eigenvalue weighted by molar-refractivity contribution is -0.384. The Kier molecular flexibility index (Phi) is 7.85. The normalized spacial score (nSPS) is 14.5. The maximum absolute atomic E-state index is 12.6. The number of nitrogens with zero attached hydrogens (tertiary/aromatic N) is 2. The molecule has 0 saturated carbocycles. The topological polar surface area (TPSA) is 91.1 Å². The van der Waals surface area contributed by atoms with Crippen LogP contribution in [0, 0.1) is 10.1 Å². The second kappa shape index (κ2) is 10.8. The maximum atomic E-state index is 12.6. The molecule has 0 radical (unpaired) electrons. The van der Waals surface area contributed by atoms with Gasteiger partial charge in [0.1, 0.15) is 34.8 Å². The number of rotatable bonds is 10. The molecular weight excluding hydrogens is 452 g/mol. The van der Waals surface area contributed by atoms with E-state index in [-0.39, 0.29) is 24.8 Å². The van der Waals surface area contributed by atoms with Crippen LogP contribution in [-0.2, 0) is 4.79 Å².